The number of aromatic nitrogens is 1. The fourth-order valence-electron chi connectivity index (χ4n) is 1.10. The van der Waals surface area contributed by atoms with Gasteiger partial charge in [0.05, 0.1) is 18.0 Å². The van der Waals surface area contributed by atoms with Crippen molar-refractivity contribution in [3.63, 3.8) is 0 Å². The number of hydrogen-bond acceptors (Lipinski definition) is 3. The van der Waals surface area contributed by atoms with Gasteiger partial charge in [0.1, 0.15) is 0 Å². The Morgan fingerprint density at radius 1 is 1.38 bits per heavy atom. The van der Waals surface area contributed by atoms with Gasteiger partial charge in [-0.1, -0.05) is 6.07 Å². The highest BCUT2D eigenvalue weighted by molar-refractivity contribution is 5.10. The first-order valence-electron chi connectivity index (χ1n) is 4.54. The summed E-state index contributed by atoms with van der Waals surface area (Å²) in [4.78, 5) is 4.41. The number of pyridine rings is 1. The Balaban J connectivity index is 2.56. The molecule has 1 heterocycles. The number of rotatable bonds is 5. The van der Waals surface area contributed by atoms with Gasteiger partial charge in [0.15, 0.2) is 0 Å². The second kappa shape index (κ2) is 5.67. The molecule has 0 aliphatic carbocycles. The van der Waals surface area contributed by atoms with Crippen LogP contribution in [0.25, 0.3) is 0 Å². The van der Waals surface area contributed by atoms with Crippen LogP contribution in [0.4, 0.5) is 0 Å². The first-order chi connectivity index (χ1) is 6.36. The van der Waals surface area contributed by atoms with Gasteiger partial charge in [-0.2, -0.15) is 0 Å². The Hall–Kier alpha value is -0.930. The molecule has 3 heteroatoms. The maximum absolute atomic E-state index is 5.27. The Morgan fingerprint density at radius 3 is 2.85 bits per heavy atom. The van der Waals surface area contributed by atoms with Crippen molar-refractivity contribution in [1.29, 1.82) is 0 Å². The number of ether oxygens (including phenoxy) is 1. The Kier molecular flexibility index (Phi) is 4.43. The Labute approximate surface area is 79.1 Å². The molecule has 3 nitrogen and oxygen atoms in total. The van der Waals surface area contributed by atoms with Gasteiger partial charge in [-0.15, -0.1) is 0 Å². The van der Waals surface area contributed by atoms with E-state index in [1.54, 1.807) is 0 Å². The molecule has 1 N–H and O–H groups in total. The lowest BCUT2D eigenvalue weighted by atomic mass is 10.3. The second-order valence-electron chi connectivity index (χ2n) is 2.79. The van der Waals surface area contributed by atoms with Gasteiger partial charge in [-0.3, -0.25) is 4.98 Å². The molecule has 0 radical (unpaired) electrons. The molecule has 0 aromatic carbocycles. The summed E-state index contributed by atoms with van der Waals surface area (Å²) >= 11 is 0. The van der Waals surface area contributed by atoms with Gasteiger partial charge >= 0.3 is 0 Å². The molecule has 0 spiro atoms. The van der Waals surface area contributed by atoms with Crippen LogP contribution in [-0.4, -0.2) is 18.6 Å². The summed E-state index contributed by atoms with van der Waals surface area (Å²) < 4.78 is 5.27. The van der Waals surface area contributed by atoms with E-state index in [4.69, 9.17) is 4.74 Å². The highest BCUT2D eigenvalue weighted by Crippen LogP contribution is 2.00. The van der Waals surface area contributed by atoms with E-state index in [9.17, 15) is 0 Å². The largest absolute Gasteiger partial charge is 0.375 e. The van der Waals surface area contributed by atoms with Crippen molar-refractivity contribution in [2.45, 2.75) is 20.1 Å². The van der Waals surface area contributed by atoms with Crippen LogP contribution in [0.2, 0.25) is 0 Å². The molecule has 1 rings (SSSR count). The van der Waals surface area contributed by atoms with E-state index in [0.29, 0.717) is 6.61 Å². The standard InChI is InChI=1S/C10H16N2O/c1-3-13-8-10-6-4-5-9(12-10)7-11-2/h4-6,11H,3,7-8H2,1-2H3. The monoisotopic (exact) mass is 180 g/mol. The first-order valence-corrected chi connectivity index (χ1v) is 4.54. The third-order valence-corrected chi connectivity index (χ3v) is 1.68. The van der Waals surface area contributed by atoms with E-state index < -0.39 is 0 Å². The zero-order valence-electron chi connectivity index (χ0n) is 8.21. The van der Waals surface area contributed by atoms with E-state index in [-0.39, 0.29) is 0 Å². The van der Waals surface area contributed by atoms with Crippen LogP contribution in [-0.2, 0) is 17.9 Å². The molecule has 0 aliphatic rings. The fourth-order valence-corrected chi connectivity index (χ4v) is 1.10. The molecular weight excluding hydrogens is 164 g/mol. The highest BCUT2D eigenvalue weighted by Gasteiger charge is 1.96. The third kappa shape index (κ3) is 3.53. The molecule has 0 aliphatic heterocycles. The molecule has 13 heavy (non-hydrogen) atoms. The predicted octanol–water partition coefficient (Wildman–Crippen LogP) is 1.34. The smallest absolute Gasteiger partial charge is 0.0887 e. The van der Waals surface area contributed by atoms with E-state index >= 15 is 0 Å². The Bertz CT molecular complexity index is 250. The SMILES string of the molecule is CCOCc1cccc(CNC)n1. The average molecular weight is 180 g/mol. The van der Waals surface area contributed by atoms with Crippen molar-refractivity contribution in [3.05, 3.63) is 29.6 Å². The maximum atomic E-state index is 5.27. The summed E-state index contributed by atoms with van der Waals surface area (Å²) in [6, 6.07) is 5.99. The summed E-state index contributed by atoms with van der Waals surface area (Å²) in [5.41, 5.74) is 2.05. The van der Waals surface area contributed by atoms with E-state index in [0.717, 1.165) is 24.5 Å². The summed E-state index contributed by atoms with van der Waals surface area (Å²) in [6.45, 7) is 4.13. The quantitative estimate of drug-likeness (QED) is 0.742. The van der Waals surface area contributed by atoms with Crippen molar-refractivity contribution in [2.24, 2.45) is 0 Å². The highest BCUT2D eigenvalue weighted by atomic mass is 16.5. The van der Waals surface area contributed by atoms with Gasteiger partial charge in [0.25, 0.3) is 0 Å². The van der Waals surface area contributed by atoms with Crippen molar-refractivity contribution in [1.82, 2.24) is 10.3 Å². The van der Waals surface area contributed by atoms with Gasteiger partial charge in [0.2, 0.25) is 0 Å². The molecule has 0 bridgehead atoms. The molecule has 0 fully saturated rings. The zero-order valence-corrected chi connectivity index (χ0v) is 8.21. The minimum atomic E-state index is 0.605. The lowest BCUT2D eigenvalue weighted by Crippen LogP contribution is -2.08. The molecule has 0 saturated carbocycles. The molecule has 0 atom stereocenters. The lowest BCUT2D eigenvalue weighted by molar-refractivity contribution is 0.131. The Morgan fingerprint density at radius 2 is 2.15 bits per heavy atom. The summed E-state index contributed by atoms with van der Waals surface area (Å²) in [7, 11) is 1.91. The predicted molar refractivity (Wildman–Crippen MR) is 52.3 cm³/mol. The second-order valence-corrected chi connectivity index (χ2v) is 2.79. The minimum absolute atomic E-state index is 0.605. The van der Waals surface area contributed by atoms with Gasteiger partial charge in [0, 0.05) is 13.2 Å². The summed E-state index contributed by atoms with van der Waals surface area (Å²) in [6.07, 6.45) is 0. The molecule has 1 aromatic heterocycles. The van der Waals surface area contributed by atoms with Crippen LogP contribution in [0.1, 0.15) is 18.3 Å². The van der Waals surface area contributed by atoms with Crippen LogP contribution in [0.5, 0.6) is 0 Å². The summed E-state index contributed by atoms with van der Waals surface area (Å²) in [5.74, 6) is 0. The first kappa shape index (κ1) is 10.2. The number of nitrogens with one attached hydrogen (secondary N) is 1. The normalized spacial score (nSPS) is 10.3. The van der Waals surface area contributed by atoms with Crippen molar-refractivity contribution in [3.8, 4) is 0 Å². The van der Waals surface area contributed by atoms with E-state index in [1.165, 1.54) is 0 Å². The van der Waals surface area contributed by atoms with Crippen LogP contribution in [0, 0.1) is 0 Å². The van der Waals surface area contributed by atoms with Crippen molar-refractivity contribution in [2.75, 3.05) is 13.7 Å². The number of nitrogens with zero attached hydrogens (tertiary/aromatic N) is 1. The van der Waals surface area contributed by atoms with Crippen LogP contribution in [0.3, 0.4) is 0 Å². The van der Waals surface area contributed by atoms with Crippen LogP contribution < -0.4 is 5.32 Å². The molecule has 0 unspecified atom stereocenters. The minimum Gasteiger partial charge on any atom is -0.375 e. The van der Waals surface area contributed by atoms with Crippen LogP contribution in [0.15, 0.2) is 18.2 Å². The van der Waals surface area contributed by atoms with E-state index in [1.807, 2.05) is 32.2 Å². The van der Waals surface area contributed by atoms with Crippen molar-refractivity contribution >= 4 is 0 Å². The fraction of sp³-hybridized carbons (Fsp3) is 0.500. The lowest BCUT2D eigenvalue weighted by Gasteiger charge is -2.03. The zero-order chi connectivity index (χ0) is 9.52. The average Bonchev–Trinajstić information content (AvgIpc) is 2.16. The summed E-state index contributed by atoms with van der Waals surface area (Å²) in [5, 5.41) is 3.06. The van der Waals surface area contributed by atoms with Gasteiger partial charge < -0.3 is 10.1 Å². The molecule has 0 amide bonds. The topological polar surface area (TPSA) is 34.1 Å². The molecule has 1 aromatic rings. The maximum Gasteiger partial charge on any atom is 0.0887 e. The molecule has 0 saturated heterocycles. The van der Waals surface area contributed by atoms with Crippen LogP contribution >= 0.6 is 0 Å². The van der Waals surface area contributed by atoms with Gasteiger partial charge in [-0.25, -0.2) is 0 Å². The van der Waals surface area contributed by atoms with E-state index in [2.05, 4.69) is 10.3 Å². The molecule has 72 valence electrons. The van der Waals surface area contributed by atoms with Crippen molar-refractivity contribution < 1.29 is 4.74 Å². The van der Waals surface area contributed by atoms with Gasteiger partial charge in [-0.05, 0) is 26.1 Å². The molecular formula is C10H16N2O. The number of hydrogen-bond donors (Lipinski definition) is 1. The third-order valence-electron chi connectivity index (χ3n) is 1.68.